The van der Waals surface area contributed by atoms with Gasteiger partial charge in [0.25, 0.3) is 0 Å². The van der Waals surface area contributed by atoms with Gasteiger partial charge in [0.15, 0.2) is 0 Å². The minimum atomic E-state index is 0.106. The normalized spacial score (nSPS) is 29.2. The molecule has 0 aromatic rings. The molecule has 0 aliphatic heterocycles. The van der Waals surface area contributed by atoms with Crippen molar-refractivity contribution in [1.29, 1.82) is 5.26 Å². The van der Waals surface area contributed by atoms with E-state index in [1.807, 2.05) is 0 Å². The fourth-order valence-electron chi connectivity index (χ4n) is 2.69. The van der Waals surface area contributed by atoms with Crippen LogP contribution in [0, 0.1) is 23.2 Å². The summed E-state index contributed by atoms with van der Waals surface area (Å²) in [6.45, 7) is 4.48. The van der Waals surface area contributed by atoms with Crippen LogP contribution >= 0.6 is 0 Å². The second kappa shape index (κ2) is 7.65. The van der Waals surface area contributed by atoms with E-state index in [0.29, 0.717) is 19.1 Å². The van der Waals surface area contributed by atoms with Gasteiger partial charge in [-0.15, -0.1) is 0 Å². The van der Waals surface area contributed by atoms with Gasteiger partial charge in [-0.05, 0) is 25.2 Å². The number of hydrogen-bond donors (Lipinski definition) is 1. The molecule has 0 saturated heterocycles. The molecule has 1 fully saturated rings. The lowest BCUT2D eigenvalue weighted by atomic mass is 9.79. The Morgan fingerprint density at radius 2 is 2.18 bits per heavy atom. The van der Waals surface area contributed by atoms with Crippen molar-refractivity contribution in [3.05, 3.63) is 0 Å². The van der Waals surface area contributed by atoms with Crippen molar-refractivity contribution < 1.29 is 9.84 Å². The van der Waals surface area contributed by atoms with Gasteiger partial charge < -0.3 is 9.84 Å². The van der Waals surface area contributed by atoms with Crippen molar-refractivity contribution in [3.8, 4) is 6.07 Å². The van der Waals surface area contributed by atoms with Crippen molar-refractivity contribution in [1.82, 2.24) is 4.90 Å². The Labute approximate surface area is 104 Å². The molecular formula is C13H24N2O2. The largest absolute Gasteiger partial charge is 0.395 e. The Hall–Kier alpha value is -0.630. The minimum absolute atomic E-state index is 0.106. The maximum absolute atomic E-state index is 9.22. The lowest BCUT2D eigenvalue weighted by molar-refractivity contribution is 0.0593. The van der Waals surface area contributed by atoms with E-state index in [1.165, 1.54) is 0 Å². The average Bonchev–Trinajstić information content (AvgIpc) is 2.34. The van der Waals surface area contributed by atoms with Crippen LogP contribution in [0.3, 0.4) is 0 Å². The van der Waals surface area contributed by atoms with E-state index in [2.05, 4.69) is 17.9 Å². The molecule has 0 bridgehead atoms. The summed E-state index contributed by atoms with van der Waals surface area (Å²) in [5.74, 6) is 0.781. The molecular weight excluding hydrogens is 216 g/mol. The van der Waals surface area contributed by atoms with Crippen molar-refractivity contribution in [2.45, 2.75) is 32.2 Å². The van der Waals surface area contributed by atoms with Gasteiger partial charge in [-0.25, -0.2) is 0 Å². The van der Waals surface area contributed by atoms with E-state index in [0.717, 1.165) is 25.8 Å². The number of rotatable bonds is 6. The van der Waals surface area contributed by atoms with Gasteiger partial charge in [0.1, 0.15) is 0 Å². The molecule has 17 heavy (non-hydrogen) atoms. The second-order valence-electron chi connectivity index (χ2n) is 4.97. The third-order valence-corrected chi connectivity index (χ3v) is 3.68. The van der Waals surface area contributed by atoms with Crippen LogP contribution in [-0.4, -0.2) is 49.5 Å². The SMILES string of the molecule is COCCN(CCO)C1CC(C)CCC1C#N. The first kappa shape index (κ1) is 14.4. The average molecular weight is 240 g/mol. The van der Waals surface area contributed by atoms with Crippen LogP contribution in [0.1, 0.15) is 26.2 Å². The van der Waals surface area contributed by atoms with Crippen LogP contribution in [0.2, 0.25) is 0 Å². The first-order valence-electron chi connectivity index (χ1n) is 6.46. The number of methoxy groups -OCH3 is 1. The minimum Gasteiger partial charge on any atom is -0.395 e. The summed E-state index contributed by atoms with van der Waals surface area (Å²) in [6, 6.07) is 2.71. The highest BCUT2D eigenvalue weighted by atomic mass is 16.5. The van der Waals surface area contributed by atoms with Gasteiger partial charge in [-0.2, -0.15) is 5.26 Å². The molecule has 0 radical (unpaired) electrons. The van der Waals surface area contributed by atoms with Crippen molar-refractivity contribution >= 4 is 0 Å². The fraction of sp³-hybridized carbons (Fsp3) is 0.923. The number of nitriles is 1. The molecule has 0 aromatic heterocycles. The van der Waals surface area contributed by atoms with Crippen LogP contribution in [0.4, 0.5) is 0 Å². The maximum Gasteiger partial charge on any atom is 0.0672 e. The molecule has 1 saturated carbocycles. The van der Waals surface area contributed by atoms with Crippen LogP contribution in [0.5, 0.6) is 0 Å². The number of ether oxygens (including phenoxy) is 1. The van der Waals surface area contributed by atoms with Gasteiger partial charge in [-0.3, -0.25) is 4.90 Å². The first-order valence-corrected chi connectivity index (χ1v) is 6.46. The summed E-state index contributed by atoms with van der Waals surface area (Å²) >= 11 is 0. The molecule has 0 heterocycles. The van der Waals surface area contributed by atoms with Gasteiger partial charge in [0.05, 0.1) is 25.2 Å². The summed E-state index contributed by atoms with van der Waals surface area (Å²) in [5, 5.41) is 18.3. The monoisotopic (exact) mass is 240 g/mol. The van der Waals surface area contributed by atoms with Gasteiger partial charge >= 0.3 is 0 Å². The molecule has 1 rings (SSSR count). The zero-order chi connectivity index (χ0) is 12.7. The zero-order valence-electron chi connectivity index (χ0n) is 10.9. The van der Waals surface area contributed by atoms with Crippen molar-refractivity contribution in [3.63, 3.8) is 0 Å². The lowest BCUT2D eigenvalue weighted by Gasteiger charge is -2.39. The molecule has 4 nitrogen and oxygen atoms in total. The summed E-state index contributed by atoms with van der Waals surface area (Å²) in [6.07, 6.45) is 3.19. The highest BCUT2D eigenvalue weighted by molar-refractivity contribution is 4.97. The van der Waals surface area contributed by atoms with E-state index in [4.69, 9.17) is 9.84 Å². The van der Waals surface area contributed by atoms with E-state index in [-0.39, 0.29) is 18.6 Å². The van der Waals surface area contributed by atoms with Crippen molar-refractivity contribution in [2.24, 2.45) is 11.8 Å². The summed E-state index contributed by atoms with van der Waals surface area (Å²) in [4.78, 5) is 2.22. The molecule has 0 aromatic carbocycles. The first-order chi connectivity index (χ1) is 8.22. The van der Waals surface area contributed by atoms with Gasteiger partial charge in [0, 0.05) is 26.2 Å². The number of aliphatic hydroxyl groups is 1. The van der Waals surface area contributed by atoms with E-state index in [9.17, 15) is 5.26 Å². The number of aliphatic hydroxyl groups excluding tert-OH is 1. The Balaban J connectivity index is 2.63. The molecule has 0 spiro atoms. The van der Waals surface area contributed by atoms with Crippen LogP contribution in [0.25, 0.3) is 0 Å². The lowest BCUT2D eigenvalue weighted by Crippen LogP contribution is -2.46. The molecule has 3 atom stereocenters. The fourth-order valence-corrected chi connectivity index (χ4v) is 2.69. The Morgan fingerprint density at radius 1 is 1.41 bits per heavy atom. The maximum atomic E-state index is 9.22. The Morgan fingerprint density at radius 3 is 2.76 bits per heavy atom. The van der Waals surface area contributed by atoms with E-state index >= 15 is 0 Å². The molecule has 1 N–H and O–H groups in total. The second-order valence-corrected chi connectivity index (χ2v) is 4.97. The van der Waals surface area contributed by atoms with Crippen molar-refractivity contribution in [2.75, 3.05) is 33.4 Å². The molecule has 3 unspecified atom stereocenters. The standard InChI is InChI=1S/C13H24N2O2/c1-11-3-4-12(10-14)13(9-11)15(5-7-16)6-8-17-2/h11-13,16H,3-9H2,1-2H3. The number of nitrogens with zero attached hydrogens (tertiary/aromatic N) is 2. The zero-order valence-corrected chi connectivity index (χ0v) is 10.9. The van der Waals surface area contributed by atoms with Crippen LogP contribution < -0.4 is 0 Å². The van der Waals surface area contributed by atoms with E-state index < -0.39 is 0 Å². The summed E-state index contributed by atoms with van der Waals surface area (Å²) in [7, 11) is 1.68. The smallest absolute Gasteiger partial charge is 0.0672 e. The third-order valence-electron chi connectivity index (χ3n) is 3.68. The van der Waals surface area contributed by atoms with Gasteiger partial charge in [0.2, 0.25) is 0 Å². The van der Waals surface area contributed by atoms with Gasteiger partial charge in [-0.1, -0.05) is 6.92 Å². The summed E-state index contributed by atoms with van der Waals surface area (Å²) in [5.41, 5.74) is 0. The molecule has 98 valence electrons. The topological polar surface area (TPSA) is 56.5 Å². The quantitative estimate of drug-likeness (QED) is 0.759. The summed E-state index contributed by atoms with van der Waals surface area (Å²) < 4.78 is 5.10. The Kier molecular flexibility index (Phi) is 6.49. The number of hydrogen-bond acceptors (Lipinski definition) is 4. The van der Waals surface area contributed by atoms with Crippen LogP contribution in [-0.2, 0) is 4.74 Å². The highest BCUT2D eigenvalue weighted by Crippen LogP contribution is 2.31. The highest BCUT2D eigenvalue weighted by Gasteiger charge is 2.32. The Bertz CT molecular complexity index is 252. The van der Waals surface area contributed by atoms with Crippen LogP contribution in [0.15, 0.2) is 0 Å². The molecule has 1 aliphatic carbocycles. The molecule has 4 heteroatoms. The van der Waals surface area contributed by atoms with E-state index in [1.54, 1.807) is 7.11 Å². The molecule has 0 amide bonds. The predicted octanol–water partition coefficient (Wildman–Crippen LogP) is 1.26. The predicted molar refractivity (Wildman–Crippen MR) is 66.4 cm³/mol. The molecule has 1 aliphatic rings. The third kappa shape index (κ3) is 4.27.